The average molecular weight is 578 g/mol. The zero-order valence-corrected chi connectivity index (χ0v) is 23.4. The molecular weight excluding hydrogens is 540 g/mol. The van der Waals surface area contributed by atoms with Crippen LogP contribution in [0.4, 0.5) is 26.3 Å². The molecule has 2 nitrogen and oxygen atoms in total. The lowest BCUT2D eigenvalue weighted by atomic mass is 9.65. The van der Waals surface area contributed by atoms with Crippen molar-refractivity contribution >= 4 is 0 Å². The van der Waals surface area contributed by atoms with E-state index in [2.05, 4.69) is 6.92 Å². The molecular formula is C33H37F6NO. The van der Waals surface area contributed by atoms with E-state index in [0.29, 0.717) is 48.9 Å². The lowest BCUT2D eigenvalue weighted by Gasteiger charge is -2.41. The fourth-order valence-electron chi connectivity index (χ4n) is 7.72. The molecule has 2 aromatic carbocycles. The molecule has 0 spiro atoms. The first-order chi connectivity index (χ1) is 19.6. The first-order valence-electron chi connectivity index (χ1n) is 15.0. The molecule has 0 amide bonds. The minimum absolute atomic E-state index is 0.283. The number of nitriles is 1. The predicted octanol–water partition coefficient (Wildman–Crippen LogP) is 10.2. The Balaban J connectivity index is 1.17. The van der Waals surface area contributed by atoms with Crippen molar-refractivity contribution in [3.8, 4) is 22.9 Å². The molecule has 41 heavy (non-hydrogen) atoms. The van der Waals surface area contributed by atoms with E-state index in [1.165, 1.54) is 57.4 Å². The normalized spacial score (nSPS) is 29.1. The van der Waals surface area contributed by atoms with Gasteiger partial charge in [0.05, 0.1) is 11.5 Å². The Hall–Kier alpha value is -2.69. The first-order valence-corrected chi connectivity index (χ1v) is 15.0. The SMILES string of the molecule is CC1CCC(C2CCC(C3CCC(C(F)(F)Oc4cc(F)c(-c5cc(F)c(C#N)c(F)c5)c(F)c4)CC3)CC2)CC1. The van der Waals surface area contributed by atoms with Crippen LogP contribution in [-0.4, -0.2) is 6.11 Å². The summed E-state index contributed by atoms with van der Waals surface area (Å²) in [6, 6.07) is 3.77. The summed E-state index contributed by atoms with van der Waals surface area (Å²) in [5, 5.41) is 8.80. The minimum Gasteiger partial charge on any atom is -0.432 e. The third kappa shape index (κ3) is 6.54. The lowest BCUT2D eigenvalue weighted by molar-refractivity contribution is -0.224. The molecule has 8 heteroatoms. The summed E-state index contributed by atoms with van der Waals surface area (Å²) in [4.78, 5) is 0. The van der Waals surface area contributed by atoms with Gasteiger partial charge in [-0.25, -0.2) is 17.6 Å². The van der Waals surface area contributed by atoms with Gasteiger partial charge in [0.25, 0.3) is 0 Å². The number of nitrogens with zero attached hydrogens (tertiary/aromatic N) is 1. The van der Waals surface area contributed by atoms with Crippen LogP contribution in [0.3, 0.4) is 0 Å². The van der Waals surface area contributed by atoms with Crippen molar-refractivity contribution in [1.82, 2.24) is 0 Å². The lowest BCUT2D eigenvalue weighted by Crippen LogP contribution is -2.38. The van der Waals surface area contributed by atoms with Gasteiger partial charge in [-0.15, -0.1) is 0 Å². The fourth-order valence-corrected chi connectivity index (χ4v) is 7.72. The number of benzene rings is 2. The third-order valence-corrected chi connectivity index (χ3v) is 10.2. The average Bonchev–Trinajstić information content (AvgIpc) is 2.93. The highest BCUT2D eigenvalue weighted by molar-refractivity contribution is 5.67. The molecule has 3 fully saturated rings. The van der Waals surface area contributed by atoms with Crippen molar-refractivity contribution in [1.29, 1.82) is 5.26 Å². The molecule has 0 aromatic heterocycles. The van der Waals surface area contributed by atoms with Crippen LogP contribution in [0.2, 0.25) is 0 Å². The Morgan fingerprint density at radius 1 is 0.659 bits per heavy atom. The van der Waals surface area contributed by atoms with Gasteiger partial charge in [-0.3, -0.25) is 0 Å². The van der Waals surface area contributed by atoms with Crippen LogP contribution in [0, 0.1) is 70.1 Å². The van der Waals surface area contributed by atoms with Crippen LogP contribution < -0.4 is 4.74 Å². The van der Waals surface area contributed by atoms with Crippen LogP contribution in [0.5, 0.6) is 5.75 Å². The number of halogens is 6. The zero-order chi connectivity index (χ0) is 29.3. The van der Waals surface area contributed by atoms with Gasteiger partial charge < -0.3 is 4.74 Å². The van der Waals surface area contributed by atoms with Gasteiger partial charge in [-0.2, -0.15) is 14.0 Å². The highest BCUT2D eigenvalue weighted by atomic mass is 19.3. The second-order valence-electron chi connectivity index (χ2n) is 12.7. The van der Waals surface area contributed by atoms with Gasteiger partial charge in [0.1, 0.15) is 40.7 Å². The molecule has 3 aliphatic rings. The van der Waals surface area contributed by atoms with E-state index < -0.39 is 57.7 Å². The largest absolute Gasteiger partial charge is 0.432 e. The van der Waals surface area contributed by atoms with Crippen LogP contribution in [0.1, 0.15) is 89.5 Å². The Labute approximate surface area is 238 Å². The van der Waals surface area contributed by atoms with Crippen molar-refractivity contribution in [2.24, 2.45) is 35.5 Å². The molecule has 5 rings (SSSR count). The van der Waals surface area contributed by atoms with Gasteiger partial charge in [0, 0.05) is 12.1 Å². The van der Waals surface area contributed by atoms with Gasteiger partial charge in [0.15, 0.2) is 0 Å². The predicted molar refractivity (Wildman–Crippen MR) is 144 cm³/mol. The van der Waals surface area contributed by atoms with Crippen LogP contribution >= 0.6 is 0 Å². The van der Waals surface area contributed by atoms with Crippen molar-refractivity contribution < 1.29 is 31.1 Å². The van der Waals surface area contributed by atoms with Crippen LogP contribution in [-0.2, 0) is 0 Å². The van der Waals surface area contributed by atoms with Crippen molar-refractivity contribution in [3.05, 3.63) is 53.1 Å². The summed E-state index contributed by atoms with van der Waals surface area (Å²) < 4.78 is 92.7. The molecule has 222 valence electrons. The number of hydrogen-bond donors (Lipinski definition) is 0. The molecule has 0 unspecified atom stereocenters. The molecule has 2 aromatic rings. The summed E-state index contributed by atoms with van der Waals surface area (Å²) in [7, 11) is 0. The molecule has 0 bridgehead atoms. The summed E-state index contributed by atoms with van der Waals surface area (Å²) in [6.45, 7) is 2.34. The molecule has 0 heterocycles. The Morgan fingerprint density at radius 2 is 1.07 bits per heavy atom. The summed E-state index contributed by atoms with van der Waals surface area (Å²) in [5.41, 5.74) is -2.17. The fraction of sp³-hybridized carbons (Fsp3) is 0.606. The summed E-state index contributed by atoms with van der Waals surface area (Å²) >= 11 is 0. The second-order valence-corrected chi connectivity index (χ2v) is 12.7. The molecule has 0 radical (unpaired) electrons. The van der Waals surface area contributed by atoms with E-state index in [1.54, 1.807) is 0 Å². The van der Waals surface area contributed by atoms with Gasteiger partial charge in [-0.05, 0) is 111 Å². The molecule has 0 aliphatic heterocycles. The maximum absolute atomic E-state index is 15.1. The van der Waals surface area contributed by atoms with E-state index in [1.807, 2.05) is 0 Å². The van der Waals surface area contributed by atoms with E-state index >= 15 is 8.78 Å². The number of hydrogen-bond acceptors (Lipinski definition) is 2. The smallest absolute Gasteiger partial charge is 0.400 e. The highest BCUT2D eigenvalue weighted by Crippen LogP contribution is 2.48. The maximum atomic E-state index is 15.1. The molecule has 0 N–H and O–H groups in total. The first kappa shape index (κ1) is 29.8. The number of alkyl halides is 2. The van der Waals surface area contributed by atoms with Gasteiger partial charge in [0.2, 0.25) is 0 Å². The highest BCUT2D eigenvalue weighted by Gasteiger charge is 2.45. The standard InChI is InChI=1S/C33H37F6NO/c1-19-2-4-20(5-3-19)21-6-8-22(9-7-21)23-10-12-25(13-11-23)33(38,39)41-26-16-30(36)32(31(37)17-26)24-14-28(34)27(18-40)29(35)15-24/h14-17,19-23,25H,2-13H2,1H3. The third-order valence-electron chi connectivity index (χ3n) is 10.2. The van der Waals surface area contributed by atoms with E-state index in [-0.39, 0.29) is 12.8 Å². The second kappa shape index (κ2) is 12.3. The van der Waals surface area contributed by atoms with E-state index in [0.717, 1.165) is 17.8 Å². The number of ether oxygens (including phenoxy) is 1. The maximum Gasteiger partial charge on any atom is 0.400 e. The van der Waals surface area contributed by atoms with Crippen molar-refractivity contribution in [2.45, 2.75) is 90.1 Å². The van der Waals surface area contributed by atoms with Crippen LogP contribution in [0.15, 0.2) is 24.3 Å². The Bertz CT molecular complexity index is 1220. The monoisotopic (exact) mass is 577 g/mol. The molecule has 0 saturated heterocycles. The van der Waals surface area contributed by atoms with Crippen molar-refractivity contribution in [2.75, 3.05) is 0 Å². The zero-order valence-electron chi connectivity index (χ0n) is 23.4. The number of rotatable bonds is 6. The summed E-state index contributed by atoms with van der Waals surface area (Å²) in [5.74, 6) is -3.40. The molecule has 3 saturated carbocycles. The summed E-state index contributed by atoms with van der Waals surface area (Å²) in [6.07, 6.45) is 8.55. The molecule has 0 atom stereocenters. The molecule has 3 aliphatic carbocycles. The van der Waals surface area contributed by atoms with E-state index in [4.69, 9.17) is 10.00 Å². The van der Waals surface area contributed by atoms with Crippen molar-refractivity contribution in [3.63, 3.8) is 0 Å². The van der Waals surface area contributed by atoms with Gasteiger partial charge in [-0.1, -0.05) is 19.8 Å². The Kier molecular flexibility index (Phi) is 8.92. The van der Waals surface area contributed by atoms with Crippen LogP contribution in [0.25, 0.3) is 11.1 Å². The minimum atomic E-state index is -3.62. The van der Waals surface area contributed by atoms with E-state index in [9.17, 15) is 17.6 Å². The quantitative estimate of drug-likeness (QED) is 0.320. The van der Waals surface area contributed by atoms with Gasteiger partial charge >= 0.3 is 6.11 Å². The Morgan fingerprint density at radius 3 is 1.51 bits per heavy atom. The topological polar surface area (TPSA) is 33.0 Å².